The molecule has 4 heteroatoms. The number of nitrogens with zero attached hydrogens (tertiary/aromatic N) is 1. The highest BCUT2D eigenvalue weighted by Gasteiger charge is 2.37. The molecule has 0 atom stereocenters. The van der Waals surface area contributed by atoms with Crippen LogP contribution in [0.5, 0.6) is 0 Å². The SMILES string of the molecule is O=C1Cc2ccc(C(=O)N(CC3CC3)C3CC3)cc2N1. The molecule has 4 nitrogen and oxygen atoms in total. The zero-order chi connectivity index (χ0) is 13.7. The van der Waals surface area contributed by atoms with Crippen LogP contribution in [0.25, 0.3) is 0 Å². The van der Waals surface area contributed by atoms with Gasteiger partial charge in [0.25, 0.3) is 5.91 Å². The summed E-state index contributed by atoms with van der Waals surface area (Å²) in [4.78, 5) is 26.1. The number of carbonyl (C=O) groups is 2. The Hall–Kier alpha value is -1.84. The molecule has 0 aromatic heterocycles. The first-order valence-corrected chi connectivity index (χ1v) is 7.44. The predicted molar refractivity (Wildman–Crippen MR) is 75.6 cm³/mol. The van der Waals surface area contributed by atoms with Crippen molar-refractivity contribution in [2.45, 2.75) is 38.1 Å². The van der Waals surface area contributed by atoms with E-state index in [2.05, 4.69) is 10.2 Å². The summed E-state index contributed by atoms with van der Waals surface area (Å²) < 4.78 is 0. The zero-order valence-electron chi connectivity index (χ0n) is 11.4. The van der Waals surface area contributed by atoms with E-state index >= 15 is 0 Å². The summed E-state index contributed by atoms with van der Waals surface area (Å²) in [6, 6.07) is 6.06. The number of carbonyl (C=O) groups excluding carboxylic acids is 2. The molecule has 1 heterocycles. The molecule has 1 aliphatic heterocycles. The molecule has 0 radical (unpaired) electrons. The Morgan fingerprint density at radius 3 is 2.75 bits per heavy atom. The van der Waals surface area contributed by atoms with E-state index in [1.54, 1.807) is 0 Å². The topological polar surface area (TPSA) is 49.4 Å². The maximum Gasteiger partial charge on any atom is 0.254 e. The maximum atomic E-state index is 12.7. The van der Waals surface area contributed by atoms with E-state index < -0.39 is 0 Å². The summed E-state index contributed by atoms with van der Waals surface area (Å²) in [6.07, 6.45) is 5.23. The second-order valence-corrected chi connectivity index (χ2v) is 6.23. The number of fused-ring (bicyclic) bond motifs is 1. The van der Waals surface area contributed by atoms with Gasteiger partial charge in [-0.15, -0.1) is 0 Å². The standard InChI is InChI=1S/C16H18N2O2/c19-15-8-11-3-4-12(7-14(11)17-15)16(20)18(13-5-6-13)9-10-1-2-10/h3-4,7,10,13H,1-2,5-6,8-9H2,(H,17,19). The molecule has 2 fully saturated rings. The molecule has 0 unspecified atom stereocenters. The van der Waals surface area contributed by atoms with Crippen LogP contribution in [0.1, 0.15) is 41.6 Å². The molecule has 1 aromatic rings. The summed E-state index contributed by atoms with van der Waals surface area (Å²) in [5, 5.41) is 2.82. The molecular formula is C16H18N2O2. The molecular weight excluding hydrogens is 252 g/mol. The van der Waals surface area contributed by atoms with Crippen LogP contribution in [-0.4, -0.2) is 29.3 Å². The number of nitrogens with one attached hydrogen (secondary N) is 1. The van der Waals surface area contributed by atoms with Crippen molar-refractivity contribution in [1.29, 1.82) is 0 Å². The molecule has 0 saturated heterocycles. The van der Waals surface area contributed by atoms with E-state index in [9.17, 15) is 9.59 Å². The Labute approximate surface area is 118 Å². The lowest BCUT2D eigenvalue weighted by atomic mass is 10.1. The van der Waals surface area contributed by atoms with Gasteiger partial charge in [-0.2, -0.15) is 0 Å². The Balaban J connectivity index is 1.57. The van der Waals surface area contributed by atoms with Gasteiger partial charge in [-0.3, -0.25) is 9.59 Å². The Morgan fingerprint density at radius 2 is 2.05 bits per heavy atom. The van der Waals surface area contributed by atoms with Gasteiger partial charge < -0.3 is 10.2 Å². The average molecular weight is 270 g/mol. The summed E-state index contributed by atoms with van der Waals surface area (Å²) in [7, 11) is 0. The minimum Gasteiger partial charge on any atom is -0.335 e. The number of anilines is 1. The van der Waals surface area contributed by atoms with Crippen LogP contribution in [-0.2, 0) is 11.2 Å². The minimum atomic E-state index is 0.0154. The van der Waals surface area contributed by atoms with Crippen molar-refractivity contribution in [3.05, 3.63) is 29.3 Å². The van der Waals surface area contributed by atoms with Gasteiger partial charge in [-0.05, 0) is 49.3 Å². The fraction of sp³-hybridized carbons (Fsp3) is 0.500. The number of hydrogen-bond acceptors (Lipinski definition) is 2. The molecule has 0 spiro atoms. The molecule has 1 N–H and O–H groups in total. The highest BCUT2D eigenvalue weighted by molar-refractivity contribution is 6.02. The Morgan fingerprint density at radius 1 is 1.25 bits per heavy atom. The van der Waals surface area contributed by atoms with Gasteiger partial charge in [-0.1, -0.05) is 6.07 Å². The second kappa shape index (κ2) is 4.33. The zero-order valence-corrected chi connectivity index (χ0v) is 11.4. The lowest BCUT2D eigenvalue weighted by Crippen LogP contribution is -2.34. The van der Waals surface area contributed by atoms with Crippen LogP contribution in [0.2, 0.25) is 0 Å². The number of hydrogen-bond donors (Lipinski definition) is 1. The van der Waals surface area contributed by atoms with Crippen molar-refractivity contribution in [1.82, 2.24) is 4.90 Å². The minimum absolute atomic E-state index is 0.0154. The monoisotopic (exact) mass is 270 g/mol. The molecule has 1 aromatic carbocycles. The maximum absolute atomic E-state index is 12.7. The first-order valence-electron chi connectivity index (χ1n) is 7.44. The van der Waals surface area contributed by atoms with Gasteiger partial charge >= 0.3 is 0 Å². The number of amides is 2. The van der Waals surface area contributed by atoms with Crippen LogP contribution in [0, 0.1) is 5.92 Å². The lowest BCUT2D eigenvalue weighted by molar-refractivity contribution is -0.115. The second-order valence-electron chi connectivity index (χ2n) is 6.23. The molecule has 20 heavy (non-hydrogen) atoms. The molecule has 104 valence electrons. The largest absolute Gasteiger partial charge is 0.335 e. The molecule has 2 saturated carbocycles. The Bertz CT molecular complexity index is 588. The molecule has 0 bridgehead atoms. The van der Waals surface area contributed by atoms with Crippen molar-refractivity contribution >= 4 is 17.5 Å². The van der Waals surface area contributed by atoms with E-state index in [-0.39, 0.29) is 11.8 Å². The average Bonchev–Trinajstić information content (AvgIpc) is 3.31. The fourth-order valence-electron chi connectivity index (χ4n) is 2.88. The van der Waals surface area contributed by atoms with Crippen LogP contribution in [0.15, 0.2) is 18.2 Å². The van der Waals surface area contributed by atoms with Crippen molar-refractivity contribution in [3.63, 3.8) is 0 Å². The quantitative estimate of drug-likeness (QED) is 0.911. The van der Waals surface area contributed by atoms with E-state index in [1.807, 2.05) is 18.2 Å². The van der Waals surface area contributed by atoms with Crippen LogP contribution in [0.4, 0.5) is 5.69 Å². The number of benzene rings is 1. The third-order valence-electron chi connectivity index (χ3n) is 4.38. The van der Waals surface area contributed by atoms with Gasteiger partial charge in [-0.25, -0.2) is 0 Å². The Kier molecular flexibility index (Phi) is 2.59. The van der Waals surface area contributed by atoms with E-state index in [4.69, 9.17) is 0 Å². The van der Waals surface area contributed by atoms with Crippen molar-refractivity contribution in [3.8, 4) is 0 Å². The van der Waals surface area contributed by atoms with Gasteiger partial charge in [0.15, 0.2) is 0 Å². The molecule has 2 amide bonds. The third kappa shape index (κ3) is 2.19. The van der Waals surface area contributed by atoms with E-state index in [1.165, 1.54) is 12.8 Å². The number of rotatable bonds is 4. The molecule has 3 aliphatic rings. The highest BCUT2D eigenvalue weighted by Crippen LogP contribution is 2.36. The van der Waals surface area contributed by atoms with Gasteiger partial charge in [0.1, 0.15) is 0 Å². The summed E-state index contributed by atoms with van der Waals surface area (Å²) in [5.41, 5.74) is 2.51. The van der Waals surface area contributed by atoms with Crippen molar-refractivity contribution in [2.75, 3.05) is 11.9 Å². The summed E-state index contributed by atoms with van der Waals surface area (Å²) in [5.74, 6) is 0.860. The molecule has 2 aliphatic carbocycles. The van der Waals surface area contributed by atoms with Gasteiger partial charge in [0, 0.05) is 23.8 Å². The van der Waals surface area contributed by atoms with Gasteiger partial charge in [0.2, 0.25) is 5.91 Å². The van der Waals surface area contributed by atoms with Crippen LogP contribution >= 0.6 is 0 Å². The highest BCUT2D eigenvalue weighted by atomic mass is 16.2. The van der Waals surface area contributed by atoms with Crippen LogP contribution in [0.3, 0.4) is 0 Å². The summed E-state index contributed by atoms with van der Waals surface area (Å²) in [6.45, 7) is 0.910. The first-order chi connectivity index (χ1) is 9.70. The smallest absolute Gasteiger partial charge is 0.254 e. The van der Waals surface area contributed by atoms with Crippen molar-refractivity contribution < 1.29 is 9.59 Å². The van der Waals surface area contributed by atoms with Crippen LogP contribution < -0.4 is 5.32 Å². The van der Waals surface area contributed by atoms with E-state index in [0.29, 0.717) is 23.9 Å². The fourth-order valence-corrected chi connectivity index (χ4v) is 2.88. The van der Waals surface area contributed by atoms with E-state index in [0.717, 1.165) is 30.6 Å². The normalized spacial score (nSPS) is 20.5. The van der Waals surface area contributed by atoms with Crippen molar-refractivity contribution in [2.24, 2.45) is 5.92 Å². The predicted octanol–water partition coefficient (Wildman–Crippen LogP) is 2.20. The third-order valence-corrected chi connectivity index (χ3v) is 4.38. The first kappa shape index (κ1) is 11.9. The molecule has 4 rings (SSSR count). The summed E-state index contributed by atoms with van der Waals surface area (Å²) >= 11 is 0. The van der Waals surface area contributed by atoms with Gasteiger partial charge in [0.05, 0.1) is 6.42 Å². The lowest BCUT2D eigenvalue weighted by Gasteiger charge is -2.22.